The van der Waals surface area contributed by atoms with Crippen LogP contribution in [0.5, 0.6) is 0 Å². The van der Waals surface area contributed by atoms with Gasteiger partial charge in [0.2, 0.25) is 0 Å². The smallest absolute Gasteiger partial charge is 0.153 e. The lowest BCUT2D eigenvalue weighted by molar-refractivity contribution is 0.112. The van der Waals surface area contributed by atoms with Crippen molar-refractivity contribution < 1.29 is 4.79 Å². The van der Waals surface area contributed by atoms with E-state index in [4.69, 9.17) is 11.6 Å². The van der Waals surface area contributed by atoms with Gasteiger partial charge in [-0.2, -0.15) is 0 Å². The van der Waals surface area contributed by atoms with E-state index in [2.05, 4.69) is 9.97 Å². The number of halogens is 1. The van der Waals surface area contributed by atoms with Crippen LogP contribution >= 0.6 is 11.6 Å². The Bertz CT molecular complexity index is 628. The minimum atomic E-state index is 0.441. The molecule has 2 aromatic rings. The van der Waals surface area contributed by atoms with Crippen molar-refractivity contribution in [1.82, 2.24) is 14.5 Å². The number of rotatable bonds is 2. The zero-order valence-corrected chi connectivity index (χ0v) is 10.5. The molecule has 0 aliphatic heterocycles. The summed E-state index contributed by atoms with van der Waals surface area (Å²) < 4.78 is 1.75. The SMILES string of the molecule is Cc1nc(C2CC2)c2c(C=O)c(Cl)n(C)c2n1. The lowest BCUT2D eigenvalue weighted by Crippen LogP contribution is -1.98. The van der Waals surface area contributed by atoms with Crippen LogP contribution in [0.25, 0.3) is 11.0 Å². The molecule has 0 radical (unpaired) electrons. The molecule has 0 atom stereocenters. The Morgan fingerprint density at radius 2 is 2.12 bits per heavy atom. The van der Waals surface area contributed by atoms with Gasteiger partial charge in [0.25, 0.3) is 0 Å². The summed E-state index contributed by atoms with van der Waals surface area (Å²) in [5.41, 5.74) is 2.26. The average molecular weight is 250 g/mol. The van der Waals surface area contributed by atoms with E-state index in [1.165, 1.54) is 0 Å². The summed E-state index contributed by atoms with van der Waals surface area (Å²) in [6, 6.07) is 0. The Hall–Kier alpha value is -1.42. The fourth-order valence-electron chi connectivity index (χ4n) is 2.22. The minimum absolute atomic E-state index is 0.441. The predicted octanol–water partition coefficient (Wildman–Crippen LogP) is 2.62. The number of hydrogen-bond donors (Lipinski definition) is 0. The highest BCUT2D eigenvalue weighted by molar-refractivity contribution is 6.34. The summed E-state index contributed by atoms with van der Waals surface area (Å²) >= 11 is 6.15. The molecule has 1 fully saturated rings. The monoisotopic (exact) mass is 249 g/mol. The molecule has 1 saturated carbocycles. The number of aryl methyl sites for hydroxylation is 2. The maximum atomic E-state index is 11.2. The van der Waals surface area contributed by atoms with Gasteiger partial charge in [-0.15, -0.1) is 0 Å². The normalized spacial score (nSPS) is 15.5. The van der Waals surface area contributed by atoms with Crippen molar-refractivity contribution in [2.45, 2.75) is 25.7 Å². The lowest BCUT2D eigenvalue weighted by Gasteiger charge is -2.03. The Morgan fingerprint density at radius 3 is 2.71 bits per heavy atom. The molecule has 2 aromatic heterocycles. The second-order valence-corrected chi connectivity index (χ2v) is 4.87. The van der Waals surface area contributed by atoms with E-state index in [1.807, 2.05) is 14.0 Å². The average Bonchev–Trinajstić information content (AvgIpc) is 3.10. The molecule has 4 nitrogen and oxygen atoms in total. The molecule has 0 aromatic carbocycles. The van der Waals surface area contributed by atoms with E-state index in [1.54, 1.807) is 4.57 Å². The van der Waals surface area contributed by atoms with Crippen LogP contribution in [0.1, 0.15) is 40.6 Å². The van der Waals surface area contributed by atoms with Crippen molar-refractivity contribution >= 4 is 28.9 Å². The van der Waals surface area contributed by atoms with Gasteiger partial charge in [0.1, 0.15) is 16.6 Å². The van der Waals surface area contributed by atoms with Crippen molar-refractivity contribution in [3.05, 3.63) is 22.2 Å². The van der Waals surface area contributed by atoms with Crippen molar-refractivity contribution in [1.29, 1.82) is 0 Å². The molecular formula is C12H12ClN3O. The third-order valence-electron chi connectivity index (χ3n) is 3.22. The molecular weight excluding hydrogens is 238 g/mol. The molecule has 5 heteroatoms. The molecule has 88 valence electrons. The minimum Gasteiger partial charge on any atom is -0.319 e. The van der Waals surface area contributed by atoms with Gasteiger partial charge >= 0.3 is 0 Å². The van der Waals surface area contributed by atoms with Gasteiger partial charge in [0.15, 0.2) is 6.29 Å². The third-order valence-corrected chi connectivity index (χ3v) is 3.67. The van der Waals surface area contributed by atoms with Crippen LogP contribution in [-0.4, -0.2) is 20.8 Å². The number of aldehydes is 1. The van der Waals surface area contributed by atoms with E-state index in [0.717, 1.165) is 41.7 Å². The van der Waals surface area contributed by atoms with Crippen molar-refractivity contribution in [3.63, 3.8) is 0 Å². The quantitative estimate of drug-likeness (QED) is 0.769. The lowest BCUT2D eigenvalue weighted by atomic mass is 10.1. The Balaban J connectivity index is 2.46. The molecule has 2 heterocycles. The molecule has 0 amide bonds. The molecule has 0 spiro atoms. The van der Waals surface area contributed by atoms with E-state index in [9.17, 15) is 4.79 Å². The van der Waals surface area contributed by atoms with Crippen molar-refractivity contribution in [2.24, 2.45) is 7.05 Å². The van der Waals surface area contributed by atoms with Crippen molar-refractivity contribution in [2.75, 3.05) is 0 Å². The van der Waals surface area contributed by atoms with Gasteiger partial charge in [0.05, 0.1) is 16.6 Å². The number of aromatic nitrogens is 3. The molecule has 1 aliphatic carbocycles. The summed E-state index contributed by atoms with van der Waals surface area (Å²) in [7, 11) is 1.82. The largest absolute Gasteiger partial charge is 0.319 e. The van der Waals surface area contributed by atoms with Crippen LogP contribution in [0.4, 0.5) is 0 Å². The van der Waals surface area contributed by atoms with Crippen LogP contribution < -0.4 is 0 Å². The number of nitrogens with zero attached hydrogens (tertiary/aromatic N) is 3. The van der Waals surface area contributed by atoms with Crippen LogP contribution in [0.2, 0.25) is 5.15 Å². The van der Waals surface area contributed by atoms with Gasteiger partial charge in [0, 0.05) is 13.0 Å². The fraction of sp³-hybridized carbons (Fsp3) is 0.417. The maximum absolute atomic E-state index is 11.2. The number of carbonyl (C=O) groups is 1. The summed E-state index contributed by atoms with van der Waals surface area (Å²) in [4.78, 5) is 20.0. The Labute approximate surface area is 104 Å². The number of carbonyl (C=O) groups excluding carboxylic acids is 1. The first-order valence-electron chi connectivity index (χ1n) is 5.61. The zero-order chi connectivity index (χ0) is 12.2. The standard InChI is InChI=1S/C12H12ClN3O/c1-6-14-10(7-3-4-7)9-8(5-17)11(13)16(2)12(9)15-6/h5,7H,3-4H2,1-2H3. The molecule has 1 aliphatic rings. The predicted molar refractivity (Wildman–Crippen MR) is 65.6 cm³/mol. The van der Waals surface area contributed by atoms with E-state index in [0.29, 0.717) is 16.6 Å². The first-order chi connectivity index (χ1) is 8.13. The van der Waals surface area contributed by atoms with Gasteiger partial charge in [-0.1, -0.05) is 11.6 Å². The maximum Gasteiger partial charge on any atom is 0.153 e. The van der Waals surface area contributed by atoms with E-state index >= 15 is 0 Å². The number of hydrogen-bond acceptors (Lipinski definition) is 3. The second kappa shape index (κ2) is 3.53. The summed E-state index contributed by atoms with van der Waals surface area (Å²) in [6.07, 6.45) is 3.07. The van der Waals surface area contributed by atoms with Crippen LogP contribution in [0.15, 0.2) is 0 Å². The topological polar surface area (TPSA) is 47.8 Å². The second-order valence-electron chi connectivity index (χ2n) is 4.51. The highest BCUT2D eigenvalue weighted by Gasteiger charge is 2.30. The zero-order valence-electron chi connectivity index (χ0n) is 9.70. The van der Waals surface area contributed by atoms with Gasteiger partial charge in [-0.05, 0) is 19.8 Å². The molecule has 0 saturated heterocycles. The molecule has 0 unspecified atom stereocenters. The highest BCUT2D eigenvalue weighted by atomic mass is 35.5. The summed E-state index contributed by atoms with van der Waals surface area (Å²) in [5, 5.41) is 1.28. The fourth-order valence-corrected chi connectivity index (χ4v) is 2.44. The first kappa shape index (κ1) is 10.7. The van der Waals surface area contributed by atoms with Crippen LogP contribution in [0.3, 0.4) is 0 Å². The molecule has 0 N–H and O–H groups in total. The summed E-state index contributed by atoms with van der Waals surface area (Å²) in [5.74, 6) is 1.20. The highest BCUT2D eigenvalue weighted by Crippen LogP contribution is 2.43. The molecule has 17 heavy (non-hydrogen) atoms. The Kier molecular flexibility index (Phi) is 2.23. The van der Waals surface area contributed by atoms with Crippen LogP contribution in [-0.2, 0) is 7.05 Å². The van der Waals surface area contributed by atoms with E-state index < -0.39 is 0 Å². The summed E-state index contributed by atoms with van der Waals surface area (Å²) in [6.45, 7) is 1.87. The van der Waals surface area contributed by atoms with E-state index in [-0.39, 0.29) is 0 Å². The van der Waals surface area contributed by atoms with Gasteiger partial charge < -0.3 is 4.57 Å². The molecule has 0 bridgehead atoms. The van der Waals surface area contributed by atoms with Gasteiger partial charge in [-0.3, -0.25) is 4.79 Å². The number of fused-ring (bicyclic) bond motifs is 1. The van der Waals surface area contributed by atoms with Crippen LogP contribution in [0, 0.1) is 6.92 Å². The van der Waals surface area contributed by atoms with Crippen molar-refractivity contribution in [3.8, 4) is 0 Å². The molecule has 3 rings (SSSR count). The third kappa shape index (κ3) is 1.47. The Morgan fingerprint density at radius 1 is 1.41 bits per heavy atom. The first-order valence-corrected chi connectivity index (χ1v) is 5.99. The van der Waals surface area contributed by atoms with Gasteiger partial charge in [-0.25, -0.2) is 9.97 Å².